The average Bonchev–Trinajstić information content (AvgIpc) is 2.48. The van der Waals surface area contributed by atoms with E-state index in [1.807, 2.05) is 0 Å². The predicted octanol–water partition coefficient (Wildman–Crippen LogP) is 3.05. The monoisotopic (exact) mass is 339 g/mol. The third kappa shape index (κ3) is 3.20. The Morgan fingerprint density at radius 2 is 1.75 bits per heavy atom. The van der Waals surface area contributed by atoms with Crippen LogP contribution in [0.15, 0.2) is 28.7 Å². The second-order valence-electron chi connectivity index (χ2n) is 5.10. The molecule has 0 saturated heterocycles. The van der Waals surface area contributed by atoms with Crippen molar-refractivity contribution in [3.05, 3.63) is 34.3 Å². The molecule has 1 aliphatic carbocycles. The molecule has 1 saturated carbocycles. The Bertz CT molecular complexity index is 492. The quantitative estimate of drug-likeness (QED) is 0.861. The number of esters is 1. The summed E-state index contributed by atoms with van der Waals surface area (Å²) in [5.41, 5.74) is -0.320. The summed E-state index contributed by atoms with van der Waals surface area (Å²) < 4.78 is 5.80. The first-order chi connectivity index (χ1) is 9.57. The molecule has 0 unspecified atom stereocenters. The molecule has 0 bridgehead atoms. The van der Waals surface area contributed by atoms with E-state index in [0.717, 1.165) is 23.7 Å². The number of hydrogen-bond donors (Lipinski definition) is 1. The van der Waals surface area contributed by atoms with E-state index in [9.17, 15) is 9.59 Å². The third-order valence-electron chi connectivity index (χ3n) is 3.74. The van der Waals surface area contributed by atoms with Gasteiger partial charge in [-0.1, -0.05) is 35.2 Å². The molecule has 1 N–H and O–H groups in total. The molecular weight excluding hydrogens is 322 g/mol. The third-order valence-corrected chi connectivity index (χ3v) is 4.27. The fraction of sp³-hybridized carbons (Fsp3) is 0.467. The molecule has 20 heavy (non-hydrogen) atoms. The topological polar surface area (TPSA) is 55.4 Å². The van der Waals surface area contributed by atoms with E-state index in [0.29, 0.717) is 18.4 Å². The lowest BCUT2D eigenvalue weighted by Gasteiger charge is -2.35. The first-order valence-electron chi connectivity index (χ1n) is 6.74. The van der Waals surface area contributed by atoms with Crippen LogP contribution < -0.4 is 5.32 Å². The second kappa shape index (κ2) is 6.39. The molecule has 1 aliphatic rings. The summed E-state index contributed by atoms with van der Waals surface area (Å²) in [5, 5.41) is 2.89. The Balaban J connectivity index is 2.17. The second-order valence-corrected chi connectivity index (χ2v) is 6.01. The molecule has 2 rings (SSSR count). The molecule has 1 amide bonds. The SMILES string of the molecule is COC(=O)C1(NC(=O)c2ccc(Br)cc2)CCCCC1. The van der Waals surface area contributed by atoms with E-state index in [2.05, 4.69) is 21.2 Å². The van der Waals surface area contributed by atoms with Crippen LogP contribution in [0, 0.1) is 0 Å². The highest BCUT2D eigenvalue weighted by molar-refractivity contribution is 9.10. The summed E-state index contributed by atoms with van der Waals surface area (Å²) in [5.74, 6) is -0.576. The van der Waals surface area contributed by atoms with Gasteiger partial charge >= 0.3 is 5.97 Å². The Morgan fingerprint density at radius 3 is 2.30 bits per heavy atom. The van der Waals surface area contributed by atoms with Crippen LogP contribution in [0.3, 0.4) is 0 Å². The fourth-order valence-corrected chi connectivity index (χ4v) is 2.89. The van der Waals surface area contributed by atoms with E-state index in [4.69, 9.17) is 4.74 Å². The minimum Gasteiger partial charge on any atom is -0.467 e. The molecule has 1 aromatic carbocycles. The van der Waals surface area contributed by atoms with Gasteiger partial charge in [0, 0.05) is 10.0 Å². The number of halogens is 1. The summed E-state index contributed by atoms with van der Waals surface area (Å²) in [6.07, 6.45) is 4.22. The summed E-state index contributed by atoms with van der Waals surface area (Å²) in [7, 11) is 1.37. The molecule has 0 atom stereocenters. The van der Waals surface area contributed by atoms with Crippen molar-refractivity contribution in [2.75, 3.05) is 7.11 Å². The van der Waals surface area contributed by atoms with E-state index < -0.39 is 5.54 Å². The smallest absolute Gasteiger partial charge is 0.331 e. The van der Waals surface area contributed by atoms with Gasteiger partial charge in [-0.05, 0) is 37.1 Å². The van der Waals surface area contributed by atoms with Gasteiger partial charge in [0.25, 0.3) is 5.91 Å². The zero-order valence-electron chi connectivity index (χ0n) is 11.4. The lowest BCUT2D eigenvalue weighted by atomic mass is 9.81. The largest absolute Gasteiger partial charge is 0.467 e. The van der Waals surface area contributed by atoms with E-state index >= 15 is 0 Å². The molecule has 0 aliphatic heterocycles. The summed E-state index contributed by atoms with van der Waals surface area (Å²) in [6, 6.07) is 7.07. The standard InChI is InChI=1S/C15H18BrNO3/c1-20-14(19)15(9-3-2-4-10-15)17-13(18)11-5-7-12(16)8-6-11/h5-8H,2-4,9-10H2,1H3,(H,17,18). The molecule has 0 spiro atoms. The molecule has 4 nitrogen and oxygen atoms in total. The number of hydrogen-bond acceptors (Lipinski definition) is 3. The van der Waals surface area contributed by atoms with E-state index in [1.54, 1.807) is 24.3 Å². The van der Waals surface area contributed by atoms with E-state index in [1.165, 1.54) is 7.11 Å². The predicted molar refractivity (Wildman–Crippen MR) is 79.4 cm³/mol. The summed E-state index contributed by atoms with van der Waals surface area (Å²) in [4.78, 5) is 24.4. The van der Waals surface area contributed by atoms with Gasteiger partial charge in [-0.3, -0.25) is 4.79 Å². The van der Waals surface area contributed by atoms with Crippen LogP contribution in [0.4, 0.5) is 0 Å². The first kappa shape index (κ1) is 15.0. The zero-order chi connectivity index (χ0) is 14.6. The highest BCUT2D eigenvalue weighted by Gasteiger charge is 2.42. The Morgan fingerprint density at radius 1 is 1.15 bits per heavy atom. The average molecular weight is 340 g/mol. The minimum atomic E-state index is -0.864. The molecule has 1 fully saturated rings. The van der Waals surface area contributed by atoms with Crippen LogP contribution >= 0.6 is 15.9 Å². The molecule has 5 heteroatoms. The number of benzene rings is 1. The van der Waals surface area contributed by atoms with Crippen molar-refractivity contribution < 1.29 is 14.3 Å². The van der Waals surface area contributed by atoms with Gasteiger partial charge in [-0.25, -0.2) is 4.79 Å². The van der Waals surface area contributed by atoms with Crippen LogP contribution in [-0.4, -0.2) is 24.5 Å². The zero-order valence-corrected chi connectivity index (χ0v) is 13.0. The van der Waals surface area contributed by atoms with Crippen molar-refractivity contribution >= 4 is 27.8 Å². The molecule has 1 aromatic rings. The van der Waals surface area contributed by atoms with Gasteiger partial charge in [-0.2, -0.15) is 0 Å². The molecule has 108 valence electrons. The van der Waals surface area contributed by atoms with Crippen LogP contribution in [-0.2, 0) is 9.53 Å². The normalized spacial score (nSPS) is 17.3. The molecule has 0 radical (unpaired) electrons. The van der Waals surface area contributed by atoms with Crippen LogP contribution in [0.1, 0.15) is 42.5 Å². The number of carbonyl (C=O) groups is 2. The number of nitrogens with one attached hydrogen (secondary N) is 1. The van der Waals surface area contributed by atoms with Crippen molar-refractivity contribution in [2.24, 2.45) is 0 Å². The van der Waals surface area contributed by atoms with Gasteiger partial charge in [0.15, 0.2) is 0 Å². The van der Waals surface area contributed by atoms with Crippen LogP contribution in [0.25, 0.3) is 0 Å². The van der Waals surface area contributed by atoms with Gasteiger partial charge in [0.1, 0.15) is 5.54 Å². The van der Waals surface area contributed by atoms with Crippen molar-refractivity contribution in [3.63, 3.8) is 0 Å². The maximum absolute atomic E-state index is 12.3. The Labute approximate surface area is 127 Å². The van der Waals surface area contributed by atoms with Crippen molar-refractivity contribution in [3.8, 4) is 0 Å². The molecule has 0 aromatic heterocycles. The number of carbonyl (C=O) groups excluding carboxylic acids is 2. The highest BCUT2D eigenvalue weighted by atomic mass is 79.9. The van der Waals surface area contributed by atoms with Crippen molar-refractivity contribution in [1.29, 1.82) is 0 Å². The van der Waals surface area contributed by atoms with Crippen LogP contribution in [0.5, 0.6) is 0 Å². The maximum Gasteiger partial charge on any atom is 0.331 e. The Kier molecular flexibility index (Phi) is 4.81. The first-order valence-corrected chi connectivity index (χ1v) is 7.53. The maximum atomic E-state index is 12.3. The van der Waals surface area contributed by atoms with Crippen molar-refractivity contribution in [1.82, 2.24) is 5.32 Å². The number of amides is 1. The lowest BCUT2D eigenvalue weighted by Crippen LogP contribution is -2.56. The lowest BCUT2D eigenvalue weighted by molar-refractivity contribution is -0.149. The number of methoxy groups -OCH3 is 1. The van der Waals surface area contributed by atoms with Gasteiger partial charge in [0.2, 0.25) is 0 Å². The highest BCUT2D eigenvalue weighted by Crippen LogP contribution is 2.29. The number of ether oxygens (including phenoxy) is 1. The van der Waals surface area contributed by atoms with Crippen molar-refractivity contribution in [2.45, 2.75) is 37.6 Å². The minimum absolute atomic E-state index is 0.232. The molecular formula is C15H18BrNO3. The fourth-order valence-electron chi connectivity index (χ4n) is 2.62. The number of rotatable bonds is 3. The summed E-state index contributed by atoms with van der Waals surface area (Å²) in [6.45, 7) is 0. The van der Waals surface area contributed by atoms with Gasteiger partial charge < -0.3 is 10.1 Å². The summed E-state index contributed by atoms with van der Waals surface area (Å²) >= 11 is 3.33. The Hall–Kier alpha value is -1.36. The van der Waals surface area contributed by atoms with Gasteiger partial charge in [-0.15, -0.1) is 0 Å². The van der Waals surface area contributed by atoms with E-state index in [-0.39, 0.29) is 11.9 Å². The molecule has 0 heterocycles. The van der Waals surface area contributed by atoms with Crippen LogP contribution in [0.2, 0.25) is 0 Å². The van der Waals surface area contributed by atoms with Gasteiger partial charge in [0.05, 0.1) is 7.11 Å².